The van der Waals surface area contributed by atoms with Crippen molar-refractivity contribution in [1.29, 1.82) is 0 Å². The average Bonchev–Trinajstić information content (AvgIpc) is 2.88. The van der Waals surface area contributed by atoms with Crippen LogP contribution in [0.2, 0.25) is 0 Å². The molecule has 13 heteroatoms. The quantitative estimate of drug-likeness (QED) is 0.164. The normalized spacial score (nSPS) is 25.7. The Morgan fingerprint density at radius 1 is 1.17 bits per heavy atom. The third kappa shape index (κ3) is 4.43. The van der Waals surface area contributed by atoms with Crippen LogP contribution in [0.1, 0.15) is 50.7 Å². The van der Waals surface area contributed by atoms with Gasteiger partial charge in [-0.3, -0.25) is 29.4 Å². The molecule has 0 aliphatic heterocycles. The van der Waals surface area contributed by atoms with Crippen LogP contribution >= 0.6 is 0 Å². The molecule has 3 aliphatic carbocycles. The lowest BCUT2D eigenvalue weighted by Crippen LogP contribution is -2.65. The van der Waals surface area contributed by atoms with Gasteiger partial charge in [0.1, 0.15) is 17.1 Å². The van der Waals surface area contributed by atoms with Crippen LogP contribution < -0.4 is 10.6 Å². The Bertz CT molecular complexity index is 1400. The summed E-state index contributed by atoms with van der Waals surface area (Å²) in [5.74, 6) is -8.07. The summed E-state index contributed by atoms with van der Waals surface area (Å²) in [4.78, 5) is 53.9. The van der Waals surface area contributed by atoms with Gasteiger partial charge in [-0.1, -0.05) is 20.3 Å². The second kappa shape index (κ2) is 10.8. The van der Waals surface area contributed by atoms with Gasteiger partial charge < -0.3 is 31.1 Å². The van der Waals surface area contributed by atoms with Crippen molar-refractivity contribution in [3.05, 3.63) is 44.2 Å². The number of aliphatic hydroxyl groups is 3. The van der Waals surface area contributed by atoms with Crippen LogP contribution in [0.25, 0.3) is 5.76 Å². The highest BCUT2D eigenvalue weighted by molar-refractivity contribution is 6.24. The summed E-state index contributed by atoms with van der Waals surface area (Å²) < 4.78 is 0. The van der Waals surface area contributed by atoms with Crippen LogP contribution in [-0.2, 0) is 20.8 Å². The fraction of sp³-hybridized carbons (Fsp3) is 0.536. The number of rotatable bonds is 9. The van der Waals surface area contributed by atoms with Gasteiger partial charge in [0.25, 0.3) is 5.91 Å². The van der Waals surface area contributed by atoms with Crippen molar-refractivity contribution < 1.29 is 39.7 Å². The Labute approximate surface area is 236 Å². The maximum absolute atomic E-state index is 14.0. The second-order valence-corrected chi connectivity index (χ2v) is 11.2. The van der Waals surface area contributed by atoms with Crippen molar-refractivity contribution in [2.45, 2.75) is 57.6 Å². The summed E-state index contributed by atoms with van der Waals surface area (Å²) in [5, 5.41) is 57.1. The van der Waals surface area contributed by atoms with Gasteiger partial charge in [-0.05, 0) is 51.3 Å². The fourth-order valence-corrected chi connectivity index (χ4v) is 6.67. The van der Waals surface area contributed by atoms with Crippen molar-refractivity contribution >= 4 is 34.6 Å². The Morgan fingerprint density at radius 2 is 1.83 bits per heavy atom. The highest BCUT2D eigenvalue weighted by Gasteiger charge is 2.64. The van der Waals surface area contributed by atoms with Crippen molar-refractivity contribution in [1.82, 2.24) is 4.90 Å². The lowest BCUT2D eigenvalue weighted by Gasteiger charge is -2.50. The number of carbonyl (C=O) groups is 3. The largest absolute Gasteiger partial charge is 0.508 e. The van der Waals surface area contributed by atoms with E-state index in [0.717, 1.165) is 19.3 Å². The van der Waals surface area contributed by atoms with E-state index in [0.29, 0.717) is 24.3 Å². The van der Waals surface area contributed by atoms with Crippen molar-refractivity contribution in [2.24, 2.45) is 17.6 Å². The van der Waals surface area contributed by atoms with Gasteiger partial charge in [0.2, 0.25) is 11.5 Å². The number of amides is 1. The van der Waals surface area contributed by atoms with E-state index in [1.807, 2.05) is 18.7 Å². The first-order chi connectivity index (χ1) is 19.2. The smallest absolute Gasteiger partial charge is 0.313 e. The highest BCUT2D eigenvalue weighted by atomic mass is 16.6. The number of aliphatic hydroxyl groups excluding tert-OH is 2. The van der Waals surface area contributed by atoms with E-state index in [9.17, 15) is 44.9 Å². The molecule has 2 unspecified atom stereocenters. The molecule has 4 atom stereocenters. The summed E-state index contributed by atoms with van der Waals surface area (Å²) >= 11 is 0. The molecule has 0 saturated heterocycles. The van der Waals surface area contributed by atoms with Gasteiger partial charge in [0, 0.05) is 36.3 Å². The molecule has 6 N–H and O–H groups in total. The molecule has 1 fully saturated rings. The number of nitrogens with two attached hydrogens (primary N) is 1. The molecular formula is C28H36N4O9. The van der Waals surface area contributed by atoms with Crippen LogP contribution in [0.15, 0.2) is 23.0 Å². The summed E-state index contributed by atoms with van der Waals surface area (Å²) in [6, 6.07) is 0.0810. The maximum Gasteiger partial charge on any atom is 0.313 e. The number of nitro benzene ring substituents is 1. The van der Waals surface area contributed by atoms with Gasteiger partial charge in [0.15, 0.2) is 11.4 Å². The zero-order valence-corrected chi connectivity index (χ0v) is 23.5. The molecule has 0 bridgehead atoms. The monoisotopic (exact) mass is 572 g/mol. The van der Waals surface area contributed by atoms with Gasteiger partial charge in [-0.15, -0.1) is 0 Å². The number of hydrogen-bond donors (Lipinski definition) is 5. The summed E-state index contributed by atoms with van der Waals surface area (Å²) in [7, 11) is 3.05. The summed E-state index contributed by atoms with van der Waals surface area (Å²) in [6.45, 7) is 5.07. The fourth-order valence-electron chi connectivity index (χ4n) is 6.67. The number of carbonyl (C=O) groups excluding carboxylic acids is 3. The number of fused-ring (bicyclic) bond motifs is 3. The van der Waals surface area contributed by atoms with Crippen LogP contribution in [0, 0.1) is 22.0 Å². The summed E-state index contributed by atoms with van der Waals surface area (Å²) in [6.07, 6.45) is 2.36. The Kier molecular flexibility index (Phi) is 7.89. The van der Waals surface area contributed by atoms with Crippen LogP contribution in [0.3, 0.4) is 0 Å². The number of primary amides is 1. The first-order valence-electron chi connectivity index (χ1n) is 13.7. The molecule has 3 aliphatic rings. The number of phenols is 1. The molecule has 1 aromatic rings. The molecule has 1 amide bonds. The molecule has 13 nitrogen and oxygen atoms in total. The van der Waals surface area contributed by atoms with Crippen LogP contribution in [0.4, 0.5) is 11.4 Å². The Hall–Kier alpha value is -3.97. The van der Waals surface area contributed by atoms with E-state index in [-0.39, 0.29) is 24.0 Å². The van der Waals surface area contributed by atoms with Crippen molar-refractivity contribution in [2.75, 3.05) is 32.1 Å². The maximum atomic E-state index is 14.0. The number of nitrogens with zero attached hydrogens (tertiary/aromatic N) is 3. The van der Waals surface area contributed by atoms with Gasteiger partial charge in [-0.2, -0.15) is 0 Å². The number of benzene rings is 1. The van der Waals surface area contributed by atoms with Gasteiger partial charge in [-0.25, -0.2) is 0 Å². The number of phenolic OH excluding ortho intramolecular Hbond substituents is 1. The predicted molar refractivity (Wildman–Crippen MR) is 148 cm³/mol. The minimum absolute atomic E-state index is 0.0573. The number of Topliss-reactive ketones (excluding diaryl/α,β-unsaturated/α-hetero) is 2. The van der Waals surface area contributed by atoms with Crippen molar-refractivity contribution in [3.63, 3.8) is 0 Å². The van der Waals surface area contributed by atoms with E-state index in [2.05, 4.69) is 0 Å². The number of ketones is 2. The minimum atomic E-state index is -2.78. The van der Waals surface area contributed by atoms with Crippen LogP contribution in [-0.4, -0.2) is 86.6 Å². The lowest BCUT2D eigenvalue weighted by molar-refractivity contribution is -0.385. The number of aromatic hydroxyl groups is 1. The molecule has 0 heterocycles. The van der Waals surface area contributed by atoms with Crippen molar-refractivity contribution in [3.8, 4) is 5.75 Å². The topological polar surface area (TPSA) is 208 Å². The number of anilines is 1. The molecule has 41 heavy (non-hydrogen) atoms. The van der Waals surface area contributed by atoms with Crippen LogP contribution in [0.5, 0.6) is 5.75 Å². The highest BCUT2D eigenvalue weighted by Crippen LogP contribution is 2.55. The Balaban J connectivity index is 2.01. The third-order valence-corrected chi connectivity index (χ3v) is 8.49. The van der Waals surface area contributed by atoms with E-state index in [4.69, 9.17) is 5.73 Å². The van der Waals surface area contributed by atoms with E-state index in [1.54, 1.807) is 0 Å². The molecule has 1 saturated carbocycles. The van der Waals surface area contributed by atoms with E-state index >= 15 is 0 Å². The predicted octanol–water partition coefficient (Wildman–Crippen LogP) is 1.89. The second-order valence-electron chi connectivity index (χ2n) is 11.2. The van der Waals surface area contributed by atoms with Gasteiger partial charge in [0.05, 0.1) is 16.5 Å². The van der Waals surface area contributed by atoms with E-state index in [1.165, 1.54) is 25.1 Å². The molecule has 1 aromatic carbocycles. The first-order valence-corrected chi connectivity index (χ1v) is 13.7. The first kappa shape index (κ1) is 30.0. The minimum Gasteiger partial charge on any atom is -0.508 e. The molecule has 0 aromatic heterocycles. The standard InChI is InChI=1S/C28H36N4O9/c1-5-7-9-31(8-6-2)16-12-17(32(40)41)22(33)19-14(16)10-13-11-15-21(30(3)4)24(35)20(27(29)38)26(37)28(15,39)25(36)18(13)23(19)34/h12-13,15,21,33-34,37,39H,5-11H2,1-4H3,(H2,29,38)/t13?,15?,21-,28-/m0/s1. The zero-order valence-electron chi connectivity index (χ0n) is 23.5. The SMILES string of the molecule is CCCCN(CCC)c1cc([N+](=O)[O-])c(O)c2c1CC1CC3[C@H](N(C)C)C(=O)C(C(N)=O)=C(O)[C@@]3(O)C(=O)C1=C2O. The lowest BCUT2D eigenvalue weighted by atomic mass is 9.57. The van der Waals surface area contributed by atoms with Gasteiger partial charge >= 0.3 is 5.69 Å². The molecule has 222 valence electrons. The molecule has 4 rings (SSSR count). The number of unbranched alkanes of at least 4 members (excludes halogenated alkanes) is 1. The molecule has 0 spiro atoms. The zero-order chi connectivity index (χ0) is 30.5. The molecular weight excluding hydrogens is 536 g/mol. The third-order valence-electron chi connectivity index (χ3n) is 8.49. The Morgan fingerprint density at radius 3 is 2.37 bits per heavy atom. The molecule has 0 radical (unpaired) electrons. The average molecular weight is 573 g/mol. The number of nitro groups is 1. The van der Waals surface area contributed by atoms with E-state index < -0.39 is 74.4 Å². The number of likely N-dealkylation sites (N-methyl/N-ethyl adjacent to an activating group) is 1. The summed E-state index contributed by atoms with van der Waals surface area (Å²) in [5.41, 5.74) is 1.22. The number of hydrogen-bond acceptors (Lipinski definition) is 11.